The minimum Gasteiger partial charge on any atom is -0.361 e. The Kier molecular flexibility index (Phi) is 2.73. The Balaban J connectivity index is 2.66. The van der Waals surface area contributed by atoms with Gasteiger partial charge < -0.3 is 10.7 Å². The second kappa shape index (κ2) is 3.86. The highest BCUT2D eigenvalue weighted by Crippen LogP contribution is 2.25. The topological polar surface area (TPSA) is 41.8 Å². The lowest BCUT2D eigenvalue weighted by Crippen LogP contribution is -2.02. The number of H-pyrrole nitrogens is 1. The van der Waals surface area contributed by atoms with Gasteiger partial charge >= 0.3 is 0 Å². The molecule has 0 amide bonds. The van der Waals surface area contributed by atoms with E-state index in [0.717, 1.165) is 26.5 Å². The fraction of sp³-hybridized carbons (Fsp3) is 0.200. The molecule has 0 bridgehead atoms. The monoisotopic (exact) mass is 304 g/mol. The number of hydrogen-bond acceptors (Lipinski definition) is 1. The molecule has 0 unspecified atom stereocenters. The van der Waals surface area contributed by atoms with Gasteiger partial charge in [-0.3, -0.25) is 0 Å². The van der Waals surface area contributed by atoms with Crippen LogP contribution in [0, 0.1) is 9.39 Å². The molecule has 3 N–H and O–H groups in total. The fourth-order valence-corrected chi connectivity index (χ4v) is 2.54. The van der Waals surface area contributed by atoms with Gasteiger partial charge in [-0.25, -0.2) is 4.39 Å². The molecule has 0 radical (unpaired) electrons. The highest BCUT2D eigenvalue weighted by molar-refractivity contribution is 14.1. The molecule has 0 atom stereocenters. The largest absolute Gasteiger partial charge is 0.361 e. The molecule has 0 saturated heterocycles. The zero-order valence-electron chi connectivity index (χ0n) is 7.48. The van der Waals surface area contributed by atoms with E-state index in [9.17, 15) is 4.39 Å². The highest BCUT2D eigenvalue weighted by atomic mass is 127. The Labute approximate surface area is 94.8 Å². The Bertz CT molecular complexity index is 464. The fourth-order valence-electron chi connectivity index (χ4n) is 1.60. The van der Waals surface area contributed by atoms with Gasteiger partial charge in [0.05, 0.1) is 0 Å². The Morgan fingerprint density at radius 2 is 2.21 bits per heavy atom. The van der Waals surface area contributed by atoms with E-state index in [1.54, 1.807) is 0 Å². The van der Waals surface area contributed by atoms with Crippen LogP contribution in [0.1, 0.15) is 5.56 Å². The molecular weight excluding hydrogens is 294 g/mol. The van der Waals surface area contributed by atoms with E-state index in [2.05, 4.69) is 27.6 Å². The van der Waals surface area contributed by atoms with E-state index in [1.165, 1.54) is 12.1 Å². The van der Waals surface area contributed by atoms with Gasteiger partial charge in [-0.1, -0.05) is 0 Å². The lowest BCUT2D eigenvalue weighted by molar-refractivity contribution is 0.628. The van der Waals surface area contributed by atoms with Crippen molar-refractivity contribution in [3.8, 4) is 0 Å². The minimum atomic E-state index is -0.206. The molecule has 1 heterocycles. The molecular formula is C10H10FIN2. The average Bonchev–Trinajstić information content (AvgIpc) is 2.49. The summed E-state index contributed by atoms with van der Waals surface area (Å²) in [7, 11) is 0. The third-order valence-electron chi connectivity index (χ3n) is 2.19. The lowest BCUT2D eigenvalue weighted by Gasteiger charge is -1.99. The summed E-state index contributed by atoms with van der Waals surface area (Å²) in [4.78, 5) is 3.05. The van der Waals surface area contributed by atoms with Crippen molar-refractivity contribution in [1.29, 1.82) is 0 Å². The van der Waals surface area contributed by atoms with Gasteiger partial charge in [0, 0.05) is 20.7 Å². The Morgan fingerprint density at radius 1 is 1.43 bits per heavy atom. The smallest absolute Gasteiger partial charge is 0.126 e. The zero-order valence-corrected chi connectivity index (χ0v) is 9.64. The molecule has 0 spiro atoms. The van der Waals surface area contributed by atoms with Crippen LogP contribution < -0.4 is 5.73 Å². The number of aromatic amines is 1. The average molecular weight is 304 g/mol. The molecule has 0 saturated carbocycles. The Hall–Kier alpha value is -0.620. The first-order valence-corrected chi connectivity index (χ1v) is 5.45. The van der Waals surface area contributed by atoms with Crippen molar-refractivity contribution in [3.63, 3.8) is 0 Å². The van der Waals surface area contributed by atoms with Crippen LogP contribution in [0.15, 0.2) is 18.3 Å². The number of benzene rings is 1. The lowest BCUT2D eigenvalue weighted by atomic mass is 10.1. The number of halogens is 2. The first kappa shape index (κ1) is 9.92. The summed E-state index contributed by atoms with van der Waals surface area (Å²) in [5.74, 6) is -0.206. The first-order valence-electron chi connectivity index (χ1n) is 4.37. The SMILES string of the molecule is NCCc1c[nH]c2cc(F)cc(I)c12. The number of fused-ring (bicyclic) bond motifs is 1. The minimum absolute atomic E-state index is 0.206. The number of rotatable bonds is 2. The van der Waals surface area contributed by atoms with E-state index in [0.29, 0.717) is 6.54 Å². The van der Waals surface area contributed by atoms with Gasteiger partial charge in [0.15, 0.2) is 0 Å². The van der Waals surface area contributed by atoms with Crippen molar-refractivity contribution in [3.05, 3.63) is 33.3 Å². The number of aromatic nitrogens is 1. The molecule has 74 valence electrons. The molecule has 1 aromatic heterocycles. The van der Waals surface area contributed by atoms with Crippen molar-refractivity contribution in [2.24, 2.45) is 5.73 Å². The van der Waals surface area contributed by atoms with Crippen LogP contribution in [-0.4, -0.2) is 11.5 Å². The molecule has 1 aromatic carbocycles. The van der Waals surface area contributed by atoms with Gasteiger partial charge in [-0.15, -0.1) is 0 Å². The molecule has 2 aromatic rings. The van der Waals surface area contributed by atoms with Gasteiger partial charge in [0.1, 0.15) is 5.82 Å². The summed E-state index contributed by atoms with van der Waals surface area (Å²) in [6, 6.07) is 3.05. The van der Waals surface area contributed by atoms with Crippen molar-refractivity contribution < 1.29 is 4.39 Å². The molecule has 0 aliphatic carbocycles. The van der Waals surface area contributed by atoms with Crippen LogP contribution in [-0.2, 0) is 6.42 Å². The maximum Gasteiger partial charge on any atom is 0.126 e. The van der Waals surface area contributed by atoms with Crippen LogP contribution in [0.5, 0.6) is 0 Å². The van der Waals surface area contributed by atoms with Crippen LogP contribution in [0.2, 0.25) is 0 Å². The molecule has 2 rings (SSSR count). The number of hydrogen-bond donors (Lipinski definition) is 2. The summed E-state index contributed by atoms with van der Waals surface area (Å²) < 4.78 is 14.0. The molecule has 0 aliphatic rings. The van der Waals surface area contributed by atoms with E-state index >= 15 is 0 Å². The van der Waals surface area contributed by atoms with Crippen LogP contribution >= 0.6 is 22.6 Å². The zero-order chi connectivity index (χ0) is 10.1. The highest BCUT2D eigenvalue weighted by Gasteiger charge is 2.08. The molecule has 0 aliphatic heterocycles. The van der Waals surface area contributed by atoms with Crippen molar-refractivity contribution >= 4 is 33.5 Å². The van der Waals surface area contributed by atoms with Gasteiger partial charge in [-0.05, 0) is 53.3 Å². The second-order valence-corrected chi connectivity index (χ2v) is 4.32. The summed E-state index contributed by atoms with van der Waals surface area (Å²) in [6.07, 6.45) is 2.72. The van der Waals surface area contributed by atoms with Crippen molar-refractivity contribution in [2.75, 3.05) is 6.54 Å². The third-order valence-corrected chi connectivity index (χ3v) is 3.04. The third kappa shape index (κ3) is 1.64. The Morgan fingerprint density at radius 3 is 2.93 bits per heavy atom. The van der Waals surface area contributed by atoms with E-state index in [-0.39, 0.29) is 5.82 Å². The summed E-state index contributed by atoms with van der Waals surface area (Å²) in [5.41, 5.74) is 7.50. The maximum absolute atomic E-state index is 13.0. The molecule has 2 nitrogen and oxygen atoms in total. The standard InChI is InChI=1S/C10H10FIN2/c11-7-3-8(12)10-6(1-2-13)5-14-9(10)4-7/h3-5,14H,1-2,13H2. The normalized spacial score (nSPS) is 11.1. The van der Waals surface area contributed by atoms with E-state index in [1.807, 2.05) is 6.20 Å². The predicted molar refractivity (Wildman–Crippen MR) is 63.7 cm³/mol. The molecule has 14 heavy (non-hydrogen) atoms. The van der Waals surface area contributed by atoms with E-state index < -0.39 is 0 Å². The van der Waals surface area contributed by atoms with E-state index in [4.69, 9.17) is 5.73 Å². The summed E-state index contributed by atoms with van der Waals surface area (Å²) in [5, 5.41) is 1.09. The quantitative estimate of drug-likeness (QED) is 0.822. The second-order valence-electron chi connectivity index (χ2n) is 3.16. The molecule has 4 heteroatoms. The van der Waals surface area contributed by atoms with Crippen molar-refractivity contribution in [2.45, 2.75) is 6.42 Å². The van der Waals surface area contributed by atoms with Crippen molar-refractivity contribution in [1.82, 2.24) is 4.98 Å². The van der Waals surface area contributed by atoms with Gasteiger partial charge in [0.2, 0.25) is 0 Å². The van der Waals surface area contributed by atoms with Gasteiger partial charge in [-0.2, -0.15) is 0 Å². The van der Waals surface area contributed by atoms with Crippen LogP contribution in [0.4, 0.5) is 4.39 Å². The maximum atomic E-state index is 13.0. The number of nitrogens with two attached hydrogens (primary N) is 1. The first-order chi connectivity index (χ1) is 6.72. The van der Waals surface area contributed by atoms with Crippen LogP contribution in [0.25, 0.3) is 10.9 Å². The van der Waals surface area contributed by atoms with Crippen LogP contribution in [0.3, 0.4) is 0 Å². The predicted octanol–water partition coefficient (Wildman–Crippen LogP) is 2.41. The molecule has 0 fully saturated rings. The van der Waals surface area contributed by atoms with Gasteiger partial charge in [0.25, 0.3) is 0 Å². The summed E-state index contributed by atoms with van der Waals surface area (Å²) in [6.45, 7) is 0.612. The summed E-state index contributed by atoms with van der Waals surface area (Å²) >= 11 is 2.14. The number of nitrogens with one attached hydrogen (secondary N) is 1.